The van der Waals surface area contributed by atoms with E-state index in [1.807, 2.05) is 53.6 Å². The van der Waals surface area contributed by atoms with Gasteiger partial charge in [0.25, 0.3) is 0 Å². The van der Waals surface area contributed by atoms with E-state index in [4.69, 9.17) is 34.2 Å². The Balaban J connectivity index is 1.83. The number of esters is 1. The van der Waals surface area contributed by atoms with Gasteiger partial charge < -0.3 is 49.5 Å². The number of nitrogens with two attached hydrogens (primary N) is 1. The van der Waals surface area contributed by atoms with Gasteiger partial charge in [-0.3, -0.25) is 9.59 Å². The lowest BCUT2D eigenvalue weighted by molar-refractivity contribution is -0.302. The van der Waals surface area contributed by atoms with Crippen LogP contribution < -0.4 is 11.1 Å². The first-order chi connectivity index (χ1) is 21.4. The van der Waals surface area contributed by atoms with E-state index >= 15 is 0 Å². The first kappa shape index (κ1) is 37.0. The summed E-state index contributed by atoms with van der Waals surface area (Å²) in [6.07, 6.45) is -4.02. The average Bonchev–Trinajstić information content (AvgIpc) is 3.32. The monoisotopic (exact) mass is 655 g/mol. The van der Waals surface area contributed by atoms with Crippen LogP contribution in [0.4, 0.5) is 4.79 Å². The Labute approximate surface area is 273 Å². The number of cyclic esters (lactones) is 1. The van der Waals surface area contributed by atoms with Crippen LogP contribution in [0, 0.1) is 23.7 Å². The van der Waals surface area contributed by atoms with Crippen molar-refractivity contribution in [2.24, 2.45) is 29.4 Å². The highest BCUT2D eigenvalue weighted by molar-refractivity contribution is 5.85. The van der Waals surface area contributed by atoms with Crippen molar-refractivity contribution in [1.29, 1.82) is 0 Å². The minimum absolute atomic E-state index is 0.110. The summed E-state index contributed by atoms with van der Waals surface area (Å²) in [6, 6.07) is -1.47. The maximum atomic E-state index is 14.2. The average molecular weight is 656 g/mol. The molecular weight excluding hydrogens is 598 g/mol. The smallest absolute Gasteiger partial charge is 0.408 e. The van der Waals surface area contributed by atoms with Crippen molar-refractivity contribution < 1.29 is 47.9 Å². The van der Waals surface area contributed by atoms with E-state index < -0.39 is 89.7 Å². The number of carbonyl (C=O) groups is 3. The standard InChI is InChI=1S/C33H57N3O10/c1-11-23-33(8)27(35-31(40)46-33)18(4)24(37)16(2)13-32(7)28(45-30-25(38)22(36(9)10)12-17(3)43-30)19(5)26(20(6)29(39)44-23)41-14-21(34)15-42-32/h16-23,25-28,30,38H,11-15,34H2,1-10H3,(H,35,40)/t16-,17-,18+,19-,20-,21?,22+,23-,25-,26+,27+,28-,30+,32-,33-/m1/s1. The molecule has 0 radical (unpaired) electrons. The zero-order valence-electron chi connectivity index (χ0n) is 29.2. The molecule has 4 aliphatic heterocycles. The van der Waals surface area contributed by atoms with Gasteiger partial charge in [-0.25, -0.2) is 4.79 Å². The quantitative estimate of drug-likeness (QED) is 0.378. The molecule has 0 aliphatic carbocycles. The second-order valence-corrected chi connectivity index (χ2v) is 14.8. The highest BCUT2D eigenvalue weighted by Gasteiger charge is 2.57. The van der Waals surface area contributed by atoms with Crippen molar-refractivity contribution in [2.75, 3.05) is 27.3 Å². The SMILES string of the molecule is CC[C@H]1OC(=O)[C@H](C)[C@H]2OCC(N)CO[C@](C)(C[C@@H](C)C(=O)[C@H](C)[C@@H]3NC(=O)O[C@]13C)[C@H](O[C@@H]1O[C@H](C)C[C@H](N(C)C)[C@H]1O)[C@@H]2C. The number of carbonyl (C=O) groups excluding carboxylic acids is 3. The van der Waals surface area contributed by atoms with Gasteiger partial charge in [0, 0.05) is 23.8 Å². The Morgan fingerprint density at radius 2 is 1.74 bits per heavy atom. The van der Waals surface area contributed by atoms with E-state index in [0.717, 1.165) is 0 Å². The van der Waals surface area contributed by atoms with Crippen LogP contribution in [0.25, 0.3) is 0 Å². The van der Waals surface area contributed by atoms with Crippen LogP contribution in [0.2, 0.25) is 0 Å². The molecule has 0 aromatic carbocycles. The van der Waals surface area contributed by atoms with Crippen molar-refractivity contribution in [3.8, 4) is 0 Å². The number of hydrogen-bond donors (Lipinski definition) is 3. The fraction of sp³-hybridized carbons (Fsp3) is 0.909. The number of ketones is 1. The Kier molecular flexibility index (Phi) is 11.5. The molecular formula is C33H57N3O10. The van der Waals surface area contributed by atoms with Gasteiger partial charge in [-0.15, -0.1) is 0 Å². The lowest BCUT2D eigenvalue weighted by Gasteiger charge is -2.48. The molecule has 13 nitrogen and oxygen atoms in total. The van der Waals surface area contributed by atoms with Crippen molar-refractivity contribution in [2.45, 2.75) is 141 Å². The number of Topliss-reactive ketones (excluding diaryl/α,β-unsaturated/α-hetero) is 1. The zero-order valence-corrected chi connectivity index (χ0v) is 29.2. The number of aliphatic hydroxyl groups excluding tert-OH is 1. The predicted molar refractivity (Wildman–Crippen MR) is 168 cm³/mol. The van der Waals surface area contributed by atoms with Crippen molar-refractivity contribution in [3.05, 3.63) is 0 Å². The molecule has 4 saturated heterocycles. The molecule has 0 saturated carbocycles. The number of nitrogens with zero attached hydrogens (tertiary/aromatic N) is 1. The molecule has 2 bridgehead atoms. The van der Waals surface area contributed by atoms with E-state index in [0.29, 0.717) is 12.8 Å². The minimum Gasteiger partial charge on any atom is -0.458 e. The number of nitrogens with one attached hydrogen (secondary N) is 1. The van der Waals surface area contributed by atoms with Gasteiger partial charge >= 0.3 is 12.1 Å². The second-order valence-electron chi connectivity index (χ2n) is 14.8. The summed E-state index contributed by atoms with van der Waals surface area (Å²) in [5.74, 6) is -3.19. The van der Waals surface area contributed by atoms with Gasteiger partial charge in [-0.1, -0.05) is 27.7 Å². The Morgan fingerprint density at radius 1 is 1.07 bits per heavy atom. The van der Waals surface area contributed by atoms with Gasteiger partial charge in [0.05, 0.1) is 55.1 Å². The number of fused-ring (bicyclic) bond motifs is 4. The number of hydrogen-bond acceptors (Lipinski definition) is 12. The van der Waals surface area contributed by atoms with E-state index in [9.17, 15) is 19.5 Å². The summed E-state index contributed by atoms with van der Waals surface area (Å²) in [7, 11) is 3.81. The first-order valence-corrected chi connectivity index (χ1v) is 16.8. The van der Waals surface area contributed by atoms with Crippen LogP contribution in [0.15, 0.2) is 0 Å². The molecule has 1 amide bonds. The number of rotatable bonds is 4. The molecule has 4 fully saturated rings. The molecule has 4 rings (SSSR count). The highest BCUT2D eigenvalue weighted by atomic mass is 16.7. The van der Waals surface area contributed by atoms with Crippen LogP contribution in [-0.2, 0) is 38.0 Å². The van der Waals surface area contributed by atoms with Gasteiger partial charge in [-0.2, -0.15) is 0 Å². The molecule has 4 N–H and O–H groups in total. The van der Waals surface area contributed by atoms with Crippen molar-refractivity contribution in [3.63, 3.8) is 0 Å². The van der Waals surface area contributed by atoms with Crippen molar-refractivity contribution in [1.82, 2.24) is 10.2 Å². The third-order valence-corrected chi connectivity index (χ3v) is 10.8. The van der Waals surface area contributed by atoms with Crippen LogP contribution in [0.1, 0.15) is 74.7 Å². The van der Waals surface area contributed by atoms with Crippen molar-refractivity contribution >= 4 is 17.8 Å². The molecule has 46 heavy (non-hydrogen) atoms. The van der Waals surface area contributed by atoms with Crippen LogP contribution in [0.5, 0.6) is 0 Å². The molecule has 13 heteroatoms. The van der Waals surface area contributed by atoms with Gasteiger partial charge in [0.2, 0.25) is 0 Å². The Hall–Kier alpha value is -1.87. The fourth-order valence-corrected chi connectivity index (χ4v) is 8.14. The number of aliphatic hydroxyl groups is 1. The van der Waals surface area contributed by atoms with E-state index in [1.165, 1.54) is 0 Å². The Bertz CT molecular complexity index is 1110. The molecule has 1 unspecified atom stereocenters. The third kappa shape index (κ3) is 7.25. The first-order valence-electron chi connectivity index (χ1n) is 16.8. The summed E-state index contributed by atoms with van der Waals surface area (Å²) >= 11 is 0. The summed E-state index contributed by atoms with van der Waals surface area (Å²) < 4.78 is 37.9. The number of amides is 1. The molecule has 0 spiro atoms. The molecule has 0 aromatic heterocycles. The number of ether oxygens (including phenoxy) is 6. The van der Waals surface area contributed by atoms with Gasteiger partial charge in [-0.05, 0) is 61.1 Å². The maximum absolute atomic E-state index is 14.2. The normalized spacial score (nSPS) is 47.9. The predicted octanol–water partition coefficient (Wildman–Crippen LogP) is 2.01. The van der Waals surface area contributed by atoms with Crippen LogP contribution in [0.3, 0.4) is 0 Å². The maximum Gasteiger partial charge on any atom is 0.408 e. The summed E-state index contributed by atoms with van der Waals surface area (Å²) in [4.78, 5) is 42.7. The minimum atomic E-state index is -1.28. The van der Waals surface area contributed by atoms with Gasteiger partial charge in [0.1, 0.15) is 18.0 Å². The molecule has 4 heterocycles. The molecule has 15 atom stereocenters. The molecule has 0 aromatic rings. The van der Waals surface area contributed by atoms with Crippen LogP contribution in [-0.4, -0.2) is 121 Å². The Morgan fingerprint density at radius 3 is 2.37 bits per heavy atom. The summed E-state index contributed by atoms with van der Waals surface area (Å²) in [6.45, 7) is 14.9. The van der Waals surface area contributed by atoms with E-state index in [2.05, 4.69) is 5.32 Å². The van der Waals surface area contributed by atoms with E-state index in [-0.39, 0.29) is 37.6 Å². The summed E-state index contributed by atoms with van der Waals surface area (Å²) in [5.41, 5.74) is 4.03. The van der Waals surface area contributed by atoms with Gasteiger partial charge in [0.15, 0.2) is 11.9 Å². The topological polar surface area (TPSA) is 168 Å². The molecule has 4 aliphatic rings. The highest BCUT2D eigenvalue weighted by Crippen LogP contribution is 2.42. The number of likely N-dealkylation sites (N-methyl/N-ethyl adjacent to an activating group) is 1. The largest absolute Gasteiger partial charge is 0.458 e. The summed E-state index contributed by atoms with van der Waals surface area (Å²) in [5, 5.41) is 14.3. The second kappa shape index (κ2) is 14.3. The lowest BCUT2D eigenvalue weighted by Crippen LogP contribution is -2.60. The number of alkyl carbamates (subject to hydrolysis) is 1. The van der Waals surface area contributed by atoms with E-state index in [1.54, 1.807) is 20.8 Å². The zero-order chi connectivity index (χ0) is 34.3. The lowest BCUT2D eigenvalue weighted by atomic mass is 9.73. The molecule has 264 valence electrons. The van der Waals surface area contributed by atoms with Crippen LogP contribution >= 0.6 is 0 Å². The third-order valence-electron chi connectivity index (χ3n) is 10.8. The fourth-order valence-electron chi connectivity index (χ4n) is 8.14.